The van der Waals surface area contributed by atoms with Gasteiger partial charge in [-0.2, -0.15) is 13.2 Å². The molecule has 2 heterocycles. The van der Waals surface area contributed by atoms with Crippen LogP contribution in [0.4, 0.5) is 13.2 Å². The number of H-pyrrole nitrogens is 1. The smallest absolute Gasteiger partial charge is 0.394 e. The van der Waals surface area contributed by atoms with Gasteiger partial charge in [0.2, 0.25) is 0 Å². The van der Waals surface area contributed by atoms with Crippen molar-refractivity contribution < 1.29 is 18.3 Å². The zero-order valence-electron chi connectivity index (χ0n) is 21.3. The largest absolute Gasteiger partial charge is 0.432 e. The molecule has 4 N–H and O–H groups in total. The number of hydrogen-bond acceptors (Lipinski definition) is 6. The second-order valence-corrected chi connectivity index (χ2v) is 9.59. The number of nitrogens with zero attached hydrogens (tertiary/aromatic N) is 4. The van der Waals surface area contributed by atoms with Crippen molar-refractivity contribution >= 4 is 16.9 Å². The van der Waals surface area contributed by atoms with Crippen LogP contribution in [-0.4, -0.2) is 42.7 Å². The van der Waals surface area contributed by atoms with Crippen molar-refractivity contribution in [2.24, 2.45) is 5.73 Å². The highest BCUT2D eigenvalue weighted by molar-refractivity contribution is 5.74. The van der Waals surface area contributed by atoms with E-state index in [4.69, 9.17) is 5.73 Å². The summed E-state index contributed by atoms with van der Waals surface area (Å²) in [5, 5.41) is 10.7. The molecule has 1 saturated carbocycles. The Hall–Kier alpha value is -4.38. The molecule has 1 aliphatic carbocycles. The number of imidazole rings is 1. The minimum atomic E-state index is -4.62. The number of alkyl halides is 3. The monoisotopic (exact) mass is 536 g/mol. The van der Waals surface area contributed by atoms with Crippen LogP contribution in [0.5, 0.6) is 0 Å². The third kappa shape index (κ3) is 5.17. The van der Waals surface area contributed by atoms with Gasteiger partial charge in [0.05, 0.1) is 18.3 Å². The number of allylic oxidation sites excluding steroid dienone is 2. The van der Waals surface area contributed by atoms with Crippen molar-refractivity contribution in [3.05, 3.63) is 99.9 Å². The third-order valence-electron chi connectivity index (χ3n) is 6.81. The molecule has 8 nitrogen and oxygen atoms in total. The molecule has 0 atom stereocenters. The molecule has 4 aromatic rings. The number of aromatic nitrogens is 4. The van der Waals surface area contributed by atoms with Gasteiger partial charge in [0, 0.05) is 24.5 Å². The summed E-state index contributed by atoms with van der Waals surface area (Å²) in [6.45, 7) is 1.93. The van der Waals surface area contributed by atoms with Gasteiger partial charge < -0.3 is 20.7 Å². The molecular weight excluding hydrogens is 509 g/mol. The fourth-order valence-corrected chi connectivity index (χ4v) is 4.58. The molecule has 0 spiro atoms. The molecule has 0 radical (unpaired) electrons. The number of benzene rings is 2. The van der Waals surface area contributed by atoms with Crippen molar-refractivity contribution in [2.75, 3.05) is 7.05 Å². The van der Waals surface area contributed by atoms with Crippen LogP contribution in [0.25, 0.3) is 28.2 Å². The second kappa shape index (κ2) is 9.73. The average molecular weight is 537 g/mol. The molecular formula is C28H27F3N6O2. The van der Waals surface area contributed by atoms with Gasteiger partial charge in [-0.3, -0.25) is 4.57 Å². The molecule has 1 aliphatic rings. The maximum absolute atomic E-state index is 12.9. The van der Waals surface area contributed by atoms with E-state index in [1.165, 1.54) is 16.5 Å². The molecule has 0 aliphatic heterocycles. The minimum absolute atomic E-state index is 0.211. The van der Waals surface area contributed by atoms with E-state index in [0.717, 1.165) is 17.3 Å². The fraction of sp³-hybridized carbons (Fsp3) is 0.250. The minimum Gasteiger partial charge on any atom is -0.394 e. The summed E-state index contributed by atoms with van der Waals surface area (Å²) in [6.07, 6.45) is 0.814. The number of nitrogens with one attached hydrogen (secondary N) is 1. The van der Waals surface area contributed by atoms with Crippen molar-refractivity contribution in [1.29, 1.82) is 0 Å². The van der Waals surface area contributed by atoms with Crippen LogP contribution < -0.4 is 11.4 Å². The Morgan fingerprint density at radius 1 is 1.21 bits per heavy atom. The van der Waals surface area contributed by atoms with Crippen LogP contribution in [0, 0.1) is 0 Å². The van der Waals surface area contributed by atoms with E-state index < -0.39 is 17.5 Å². The van der Waals surface area contributed by atoms with E-state index in [-0.39, 0.29) is 12.2 Å². The van der Waals surface area contributed by atoms with E-state index in [2.05, 4.69) is 15.0 Å². The fourth-order valence-electron chi connectivity index (χ4n) is 4.58. The molecule has 2 aromatic heterocycles. The van der Waals surface area contributed by atoms with Crippen LogP contribution in [-0.2, 0) is 12.1 Å². The molecule has 1 fully saturated rings. The van der Waals surface area contributed by atoms with Crippen molar-refractivity contribution in [3.63, 3.8) is 0 Å². The molecule has 2 aromatic carbocycles. The molecule has 0 saturated heterocycles. The van der Waals surface area contributed by atoms with Crippen molar-refractivity contribution in [2.45, 2.75) is 38.1 Å². The van der Waals surface area contributed by atoms with Crippen LogP contribution >= 0.6 is 0 Å². The summed E-state index contributed by atoms with van der Waals surface area (Å²) in [5.74, 6) is 0.411. The lowest BCUT2D eigenvalue weighted by Crippen LogP contribution is -2.23. The first-order valence-corrected chi connectivity index (χ1v) is 12.3. The summed E-state index contributed by atoms with van der Waals surface area (Å²) in [4.78, 5) is 26.0. The summed E-state index contributed by atoms with van der Waals surface area (Å²) < 4.78 is 40.1. The molecule has 0 bridgehead atoms. The summed E-state index contributed by atoms with van der Waals surface area (Å²) in [6, 6.07) is 14.6. The Bertz CT molecular complexity index is 1650. The average Bonchev–Trinajstić information content (AvgIpc) is 3.58. The summed E-state index contributed by atoms with van der Waals surface area (Å²) in [5.41, 5.74) is 7.14. The number of hydrogen-bond donors (Lipinski definition) is 3. The van der Waals surface area contributed by atoms with Crippen LogP contribution in [0.3, 0.4) is 0 Å². The maximum atomic E-state index is 12.9. The van der Waals surface area contributed by atoms with Gasteiger partial charge in [0.1, 0.15) is 11.2 Å². The first-order chi connectivity index (χ1) is 18.5. The van der Waals surface area contributed by atoms with Crippen LogP contribution in [0.1, 0.15) is 36.5 Å². The Balaban J connectivity index is 1.43. The van der Waals surface area contributed by atoms with Gasteiger partial charge in [0.25, 0.3) is 0 Å². The number of aromatic amines is 1. The Morgan fingerprint density at radius 3 is 2.54 bits per heavy atom. The van der Waals surface area contributed by atoms with Crippen molar-refractivity contribution in [1.82, 2.24) is 24.4 Å². The molecule has 5 rings (SSSR count). The summed E-state index contributed by atoms with van der Waals surface area (Å²) >= 11 is 0. The Morgan fingerprint density at radius 2 is 1.90 bits per heavy atom. The van der Waals surface area contributed by atoms with E-state index in [1.54, 1.807) is 43.5 Å². The molecule has 39 heavy (non-hydrogen) atoms. The highest BCUT2D eigenvalue weighted by Gasteiger charge is 2.44. The maximum Gasteiger partial charge on any atom is 0.432 e. The highest BCUT2D eigenvalue weighted by atomic mass is 19.4. The lowest BCUT2D eigenvalue weighted by Gasteiger charge is -2.20. The predicted molar refractivity (Wildman–Crippen MR) is 142 cm³/mol. The quantitative estimate of drug-likeness (QED) is 0.321. The zero-order chi connectivity index (χ0) is 27.9. The van der Waals surface area contributed by atoms with Crippen LogP contribution in [0.15, 0.2) is 77.5 Å². The Labute approximate surface area is 221 Å². The van der Waals surface area contributed by atoms with E-state index in [0.29, 0.717) is 46.7 Å². The van der Waals surface area contributed by atoms with Gasteiger partial charge in [-0.15, -0.1) is 0 Å². The topological polar surface area (TPSA) is 113 Å². The molecule has 0 amide bonds. The second-order valence-electron chi connectivity index (χ2n) is 9.59. The van der Waals surface area contributed by atoms with E-state index in [1.807, 2.05) is 24.3 Å². The van der Waals surface area contributed by atoms with E-state index in [9.17, 15) is 23.1 Å². The van der Waals surface area contributed by atoms with Crippen molar-refractivity contribution in [3.8, 4) is 11.4 Å². The SMILES string of the molecule is C/C=C(/c1ccc(Cn2c(=O)[nH]c3cnc(-c4ccccc4C4(O)CC4)nc32)cc1)N(C)/C=C(\N)C(F)(F)F. The van der Waals surface area contributed by atoms with Gasteiger partial charge in [0.15, 0.2) is 11.5 Å². The number of fused-ring (bicyclic) bond motifs is 1. The van der Waals surface area contributed by atoms with Gasteiger partial charge in [-0.1, -0.05) is 54.6 Å². The Kier molecular flexibility index (Phi) is 6.55. The first-order valence-electron chi connectivity index (χ1n) is 12.3. The lowest BCUT2D eigenvalue weighted by atomic mass is 10.00. The lowest BCUT2D eigenvalue weighted by molar-refractivity contribution is -0.0934. The normalized spacial score (nSPS) is 15.5. The zero-order valence-corrected chi connectivity index (χ0v) is 21.3. The molecule has 0 unspecified atom stereocenters. The highest BCUT2D eigenvalue weighted by Crippen LogP contribution is 2.48. The standard InChI is InChI=1S/C28H27F3N6O2/c1-3-22(36(2)16-23(32)28(29,30)31)18-10-8-17(9-11-18)15-37-25-21(34-26(37)38)14-33-24(35-25)19-6-4-5-7-20(19)27(39)12-13-27/h3-11,14,16,39H,12-13,15,32H2,1-2H3,(H,34,38)/b22-3-,23-16-. The predicted octanol–water partition coefficient (Wildman–Crippen LogP) is 4.47. The number of nitrogens with two attached hydrogens (primary N) is 1. The number of rotatable bonds is 7. The number of halogens is 3. The molecule has 202 valence electrons. The van der Waals surface area contributed by atoms with Gasteiger partial charge >= 0.3 is 11.9 Å². The van der Waals surface area contributed by atoms with Gasteiger partial charge in [-0.05, 0) is 36.5 Å². The molecule has 11 heteroatoms. The van der Waals surface area contributed by atoms with Crippen LogP contribution in [0.2, 0.25) is 0 Å². The number of aliphatic hydroxyl groups is 1. The van der Waals surface area contributed by atoms with Gasteiger partial charge in [-0.25, -0.2) is 14.8 Å². The van der Waals surface area contributed by atoms with E-state index >= 15 is 0 Å². The third-order valence-corrected chi connectivity index (χ3v) is 6.81. The first kappa shape index (κ1) is 26.2. The summed E-state index contributed by atoms with van der Waals surface area (Å²) in [7, 11) is 1.49.